The molecule has 130 valence electrons. The number of hydrogen-bond donors (Lipinski definition) is 1. The van der Waals surface area contributed by atoms with Gasteiger partial charge >= 0.3 is 6.03 Å². The molecule has 24 heavy (non-hydrogen) atoms. The molecule has 1 aromatic rings. The van der Waals surface area contributed by atoms with Crippen LogP contribution in [0.25, 0.3) is 0 Å². The van der Waals surface area contributed by atoms with Crippen LogP contribution in [0.1, 0.15) is 50.9 Å². The molecule has 4 amide bonds. The second-order valence-electron chi connectivity index (χ2n) is 6.72. The summed E-state index contributed by atoms with van der Waals surface area (Å²) < 4.78 is 5.21. The highest BCUT2D eigenvalue weighted by Gasteiger charge is 2.46. The van der Waals surface area contributed by atoms with E-state index < -0.39 is 17.5 Å². The van der Waals surface area contributed by atoms with Crippen LogP contribution < -0.4 is 5.32 Å². The molecule has 3 rings (SSSR count). The van der Waals surface area contributed by atoms with E-state index in [9.17, 15) is 14.4 Å². The maximum Gasteiger partial charge on any atom is 0.325 e. The quantitative estimate of drug-likeness (QED) is 0.817. The Labute approximate surface area is 139 Å². The number of amides is 4. The fraction of sp³-hybridized carbons (Fsp3) is 0.667. The minimum absolute atomic E-state index is 0.280. The molecule has 2 saturated heterocycles. The number of hydrogen-bond acceptors (Lipinski definition) is 6. The van der Waals surface area contributed by atoms with E-state index >= 15 is 0 Å². The van der Waals surface area contributed by atoms with Crippen LogP contribution in [0, 0.1) is 6.92 Å². The molecule has 2 aliphatic rings. The van der Waals surface area contributed by atoms with E-state index in [0.717, 1.165) is 24.2 Å². The molecule has 2 fully saturated rings. The summed E-state index contributed by atoms with van der Waals surface area (Å²) >= 11 is 0. The zero-order valence-corrected chi connectivity index (χ0v) is 14.0. The first-order valence-electron chi connectivity index (χ1n) is 8.03. The van der Waals surface area contributed by atoms with E-state index in [-0.39, 0.29) is 18.5 Å². The van der Waals surface area contributed by atoms with E-state index in [1.165, 1.54) is 0 Å². The lowest BCUT2D eigenvalue weighted by molar-refractivity contribution is -0.141. The standard InChI is InChI=1S/C15H21N5O4/c1-9-16-12(24-18-9)10-6-4-5-7-19(10)11(21)8-20-13(22)15(2,3)17-14(20)23/h10H,4-8H2,1-3H3,(H,17,23)/t10-/m1/s1. The first-order valence-corrected chi connectivity index (χ1v) is 8.03. The monoisotopic (exact) mass is 335 g/mol. The van der Waals surface area contributed by atoms with Crippen LogP contribution in [0.5, 0.6) is 0 Å². The third-order valence-electron chi connectivity index (χ3n) is 4.39. The van der Waals surface area contributed by atoms with Gasteiger partial charge in [-0.05, 0) is 40.0 Å². The normalized spacial score (nSPS) is 23.5. The van der Waals surface area contributed by atoms with Gasteiger partial charge in [0.1, 0.15) is 18.1 Å². The molecule has 0 aromatic carbocycles. The van der Waals surface area contributed by atoms with Gasteiger partial charge in [-0.3, -0.25) is 14.5 Å². The van der Waals surface area contributed by atoms with Gasteiger partial charge in [0.25, 0.3) is 5.91 Å². The van der Waals surface area contributed by atoms with Crippen molar-refractivity contribution in [2.75, 3.05) is 13.1 Å². The number of nitrogens with zero attached hydrogens (tertiary/aromatic N) is 4. The van der Waals surface area contributed by atoms with Gasteiger partial charge < -0.3 is 14.7 Å². The Morgan fingerprint density at radius 1 is 1.38 bits per heavy atom. The van der Waals surface area contributed by atoms with Gasteiger partial charge in [-0.15, -0.1) is 0 Å². The van der Waals surface area contributed by atoms with Crippen LogP contribution in [-0.2, 0) is 9.59 Å². The van der Waals surface area contributed by atoms with Crippen molar-refractivity contribution in [1.82, 2.24) is 25.3 Å². The van der Waals surface area contributed by atoms with Crippen molar-refractivity contribution in [2.24, 2.45) is 0 Å². The topological polar surface area (TPSA) is 109 Å². The lowest BCUT2D eigenvalue weighted by Crippen LogP contribution is -2.47. The van der Waals surface area contributed by atoms with Gasteiger partial charge in [0.15, 0.2) is 5.82 Å². The van der Waals surface area contributed by atoms with Crippen molar-refractivity contribution >= 4 is 17.8 Å². The Bertz CT molecular complexity index is 683. The average Bonchev–Trinajstić information content (AvgIpc) is 3.04. The highest BCUT2D eigenvalue weighted by molar-refractivity contribution is 6.08. The van der Waals surface area contributed by atoms with Crippen LogP contribution in [0.4, 0.5) is 4.79 Å². The van der Waals surface area contributed by atoms with Gasteiger partial charge in [0.2, 0.25) is 11.8 Å². The Balaban J connectivity index is 1.75. The van der Waals surface area contributed by atoms with Crippen molar-refractivity contribution in [3.8, 4) is 0 Å². The Kier molecular flexibility index (Phi) is 4.02. The second-order valence-corrected chi connectivity index (χ2v) is 6.72. The van der Waals surface area contributed by atoms with Gasteiger partial charge in [-0.2, -0.15) is 4.98 Å². The predicted octanol–water partition coefficient (Wildman–Crippen LogP) is 0.762. The van der Waals surface area contributed by atoms with Gasteiger partial charge in [-0.25, -0.2) is 4.79 Å². The molecule has 9 nitrogen and oxygen atoms in total. The van der Waals surface area contributed by atoms with Crippen molar-refractivity contribution in [1.29, 1.82) is 0 Å². The maximum atomic E-state index is 12.7. The third kappa shape index (κ3) is 2.85. The molecule has 1 N–H and O–H groups in total. The molecule has 1 atom stereocenters. The molecule has 9 heteroatoms. The van der Waals surface area contributed by atoms with Crippen molar-refractivity contribution < 1.29 is 18.9 Å². The summed E-state index contributed by atoms with van der Waals surface area (Å²) in [7, 11) is 0. The first kappa shape index (κ1) is 16.4. The Morgan fingerprint density at radius 2 is 2.12 bits per heavy atom. The van der Waals surface area contributed by atoms with E-state index in [1.54, 1.807) is 25.7 Å². The Hall–Kier alpha value is -2.45. The number of nitrogens with one attached hydrogen (secondary N) is 1. The molecular formula is C15H21N5O4. The predicted molar refractivity (Wildman–Crippen MR) is 81.7 cm³/mol. The van der Waals surface area contributed by atoms with Crippen molar-refractivity contribution in [2.45, 2.75) is 51.6 Å². The fourth-order valence-electron chi connectivity index (χ4n) is 3.12. The maximum absolute atomic E-state index is 12.7. The van der Waals surface area contributed by atoms with Crippen molar-refractivity contribution in [3.05, 3.63) is 11.7 Å². The zero-order chi connectivity index (χ0) is 17.5. The number of urea groups is 1. The SMILES string of the molecule is Cc1noc([C@H]2CCCCN2C(=O)CN2C(=O)NC(C)(C)C2=O)n1. The summed E-state index contributed by atoms with van der Waals surface area (Å²) in [6.07, 6.45) is 2.53. The molecule has 2 aliphatic heterocycles. The summed E-state index contributed by atoms with van der Waals surface area (Å²) in [5.74, 6) is 0.219. The van der Waals surface area contributed by atoms with Crippen LogP contribution in [0.15, 0.2) is 4.52 Å². The molecule has 0 spiro atoms. The lowest BCUT2D eigenvalue weighted by atomic mass is 10.0. The Morgan fingerprint density at radius 3 is 2.71 bits per heavy atom. The number of carbonyl (C=O) groups excluding carboxylic acids is 3. The number of imide groups is 1. The number of piperidine rings is 1. The van der Waals surface area contributed by atoms with E-state index in [2.05, 4.69) is 15.5 Å². The summed E-state index contributed by atoms with van der Waals surface area (Å²) in [5, 5.41) is 6.35. The minimum atomic E-state index is -0.984. The number of rotatable bonds is 3. The highest BCUT2D eigenvalue weighted by atomic mass is 16.5. The van der Waals surface area contributed by atoms with Crippen LogP contribution in [0.3, 0.4) is 0 Å². The van der Waals surface area contributed by atoms with E-state index in [4.69, 9.17) is 4.52 Å². The van der Waals surface area contributed by atoms with Gasteiger partial charge in [0, 0.05) is 6.54 Å². The summed E-state index contributed by atoms with van der Waals surface area (Å²) in [6.45, 7) is 5.21. The summed E-state index contributed by atoms with van der Waals surface area (Å²) in [5.41, 5.74) is -0.984. The summed E-state index contributed by atoms with van der Waals surface area (Å²) in [4.78, 5) is 43.7. The van der Waals surface area contributed by atoms with Crippen LogP contribution >= 0.6 is 0 Å². The average molecular weight is 335 g/mol. The number of aromatic nitrogens is 2. The first-order chi connectivity index (χ1) is 11.3. The molecule has 0 radical (unpaired) electrons. The molecule has 0 aliphatic carbocycles. The van der Waals surface area contributed by atoms with Gasteiger partial charge in [-0.1, -0.05) is 5.16 Å². The molecule has 0 unspecified atom stereocenters. The lowest BCUT2D eigenvalue weighted by Gasteiger charge is -2.34. The fourth-order valence-corrected chi connectivity index (χ4v) is 3.12. The smallest absolute Gasteiger partial charge is 0.325 e. The number of likely N-dealkylation sites (tertiary alicyclic amines) is 1. The second kappa shape index (κ2) is 5.88. The number of aryl methyl sites for hydroxylation is 1. The molecule has 3 heterocycles. The molecule has 1 aromatic heterocycles. The highest BCUT2D eigenvalue weighted by Crippen LogP contribution is 2.30. The van der Waals surface area contributed by atoms with Crippen LogP contribution in [-0.4, -0.2) is 56.4 Å². The third-order valence-corrected chi connectivity index (χ3v) is 4.39. The van der Waals surface area contributed by atoms with E-state index in [0.29, 0.717) is 18.3 Å². The largest absolute Gasteiger partial charge is 0.337 e. The molecular weight excluding hydrogens is 314 g/mol. The summed E-state index contributed by atoms with van der Waals surface area (Å²) in [6, 6.07) is -0.846. The van der Waals surface area contributed by atoms with E-state index in [1.807, 2.05) is 0 Å². The van der Waals surface area contributed by atoms with Gasteiger partial charge in [0.05, 0.1) is 0 Å². The van der Waals surface area contributed by atoms with Crippen LogP contribution in [0.2, 0.25) is 0 Å². The molecule has 0 bridgehead atoms. The van der Waals surface area contributed by atoms with Crippen molar-refractivity contribution in [3.63, 3.8) is 0 Å². The zero-order valence-electron chi connectivity index (χ0n) is 14.0. The number of carbonyl (C=O) groups is 3. The molecule has 0 saturated carbocycles. The minimum Gasteiger partial charge on any atom is -0.337 e.